The molecule has 0 radical (unpaired) electrons. The van der Waals surface area contributed by atoms with Gasteiger partial charge in [0.25, 0.3) is 6.71 Å². The molecule has 0 N–H and O–H groups in total. The highest BCUT2D eigenvalue weighted by molar-refractivity contribution is 7.00. The summed E-state index contributed by atoms with van der Waals surface area (Å²) in [6.45, 7) is 21.0. The number of rotatable bonds is 6. The molecular formula is C78H65BN2O2. The fraction of sp³-hybridized carbons (Fsp3) is 0.154. The second kappa shape index (κ2) is 18.6. The standard InChI is InChI=1S/C78H65BN2O2/c1-76(2,3)52-37-41-67-64(44-52)79-63-38-36-53(77(4,5)6)45-68(63)81(66-40-35-51(43-62(66)49-24-14-11-15-25-49)56-29-21-31-60-58-27-17-19-33-72(58)83-75(56)60)70-47-54(78(7,8)9)46-69(73(70)79)80(67)65-39-34-50(42-61(65)48-22-12-10-13-23-48)55-28-20-30-59-57-26-16-18-32-71(57)82-74(55)59/h10-47H,1-9H3. The van der Waals surface area contributed by atoms with E-state index in [0.29, 0.717) is 0 Å². The van der Waals surface area contributed by atoms with E-state index in [-0.39, 0.29) is 23.0 Å². The van der Waals surface area contributed by atoms with Crippen molar-refractivity contribution in [1.29, 1.82) is 0 Å². The molecule has 0 atom stereocenters. The lowest BCUT2D eigenvalue weighted by Gasteiger charge is -2.46. The Morgan fingerprint density at radius 1 is 0.289 bits per heavy atom. The first kappa shape index (κ1) is 50.6. The fourth-order valence-corrected chi connectivity index (χ4v) is 13.3. The number of nitrogens with zero attached hydrogens (tertiary/aromatic N) is 2. The van der Waals surface area contributed by atoms with Crippen molar-refractivity contribution in [2.24, 2.45) is 0 Å². The van der Waals surface area contributed by atoms with Crippen LogP contribution in [0.25, 0.3) is 88.4 Å². The first-order valence-corrected chi connectivity index (χ1v) is 29.3. The normalized spacial score (nSPS) is 13.3. The Kier molecular flexibility index (Phi) is 11.3. The van der Waals surface area contributed by atoms with Crippen molar-refractivity contribution >= 4 is 101 Å². The average Bonchev–Trinajstić information content (AvgIpc) is 2.06. The van der Waals surface area contributed by atoms with Gasteiger partial charge in [-0.1, -0.05) is 232 Å². The quantitative estimate of drug-likeness (QED) is 0.155. The zero-order valence-electron chi connectivity index (χ0n) is 48.7. The van der Waals surface area contributed by atoms with Gasteiger partial charge in [-0.15, -0.1) is 0 Å². The molecule has 4 heterocycles. The van der Waals surface area contributed by atoms with Gasteiger partial charge in [0.15, 0.2) is 0 Å². The number of hydrogen-bond acceptors (Lipinski definition) is 4. The molecule has 0 aliphatic carbocycles. The van der Waals surface area contributed by atoms with Gasteiger partial charge < -0.3 is 18.6 Å². The second-order valence-electron chi connectivity index (χ2n) is 26.1. The molecule has 4 nitrogen and oxygen atoms in total. The molecule has 402 valence electrons. The van der Waals surface area contributed by atoms with Crippen LogP contribution >= 0.6 is 0 Å². The summed E-state index contributed by atoms with van der Waals surface area (Å²) in [6, 6.07) is 85.8. The second-order valence-corrected chi connectivity index (χ2v) is 26.1. The van der Waals surface area contributed by atoms with Gasteiger partial charge in [0, 0.05) is 66.5 Å². The maximum Gasteiger partial charge on any atom is 0.252 e. The van der Waals surface area contributed by atoms with Gasteiger partial charge in [0.05, 0.1) is 11.4 Å². The molecule has 0 amide bonds. The highest BCUT2D eigenvalue weighted by Gasteiger charge is 2.46. The molecule has 15 rings (SSSR count). The van der Waals surface area contributed by atoms with Crippen LogP contribution in [0.3, 0.4) is 0 Å². The van der Waals surface area contributed by atoms with Crippen molar-refractivity contribution in [3.8, 4) is 44.5 Å². The molecule has 0 bridgehead atoms. The third-order valence-electron chi connectivity index (χ3n) is 17.7. The number of anilines is 6. The van der Waals surface area contributed by atoms with Gasteiger partial charge in [-0.3, -0.25) is 0 Å². The first-order valence-electron chi connectivity index (χ1n) is 29.3. The predicted octanol–water partition coefficient (Wildman–Crippen LogP) is 20.1. The molecule has 0 unspecified atom stereocenters. The lowest BCUT2D eigenvalue weighted by atomic mass is 9.33. The van der Waals surface area contributed by atoms with Crippen LogP contribution in [0.4, 0.5) is 34.1 Å². The molecule has 11 aromatic carbocycles. The minimum atomic E-state index is -0.225. The molecule has 2 aliphatic rings. The topological polar surface area (TPSA) is 32.8 Å². The molecule has 0 saturated carbocycles. The third-order valence-corrected chi connectivity index (χ3v) is 17.7. The minimum absolute atomic E-state index is 0.0851. The van der Waals surface area contributed by atoms with Gasteiger partial charge in [-0.2, -0.15) is 0 Å². The number of benzene rings is 11. The van der Waals surface area contributed by atoms with E-state index in [0.717, 1.165) is 99.8 Å². The highest BCUT2D eigenvalue weighted by atomic mass is 16.3. The van der Waals surface area contributed by atoms with Crippen molar-refractivity contribution in [3.63, 3.8) is 0 Å². The van der Waals surface area contributed by atoms with E-state index < -0.39 is 0 Å². The van der Waals surface area contributed by atoms with Gasteiger partial charge >= 0.3 is 0 Å². The van der Waals surface area contributed by atoms with Crippen LogP contribution in [0.2, 0.25) is 0 Å². The summed E-state index contributed by atoms with van der Waals surface area (Å²) in [5.74, 6) is 0. The van der Waals surface area contributed by atoms with E-state index in [1.807, 2.05) is 0 Å². The lowest BCUT2D eigenvalue weighted by molar-refractivity contribution is 0.589. The summed E-state index contributed by atoms with van der Waals surface area (Å²) in [4.78, 5) is 5.25. The van der Waals surface area contributed by atoms with Gasteiger partial charge in [0.2, 0.25) is 0 Å². The highest BCUT2D eigenvalue weighted by Crippen LogP contribution is 2.52. The Hall–Kier alpha value is -9.32. The molecule has 5 heteroatoms. The largest absolute Gasteiger partial charge is 0.455 e. The SMILES string of the molecule is CC(C)(C)c1ccc2c(c1)B1c3ccc(C(C)(C)C)cc3N(c3ccc(-c4cccc5c4oc4ccccc45)cc3-c3ccccc3)c3cc(C(C)(C)C)cc(c31)N2c1ccc(-c2cccc3c2oc2ccccc23)cc1-c1ccccc1. The maximum absolute atomic E-state index is 6.74. The van der Waals surface area contributed by atoms with Crippen molar-refractivity contribution in [3.05, 3.63) is 247 Å². The summed E-state index contributed by atoms with van der Waals surface area (Å²) in [7, 11) is 0. The van der Waals surface area contributed by atoms with Crippen molar-refractivity contribution in [2.75, 3.05) is 9.80 Å². The minimum Gasteiger partial charge on any atom is -0.455 e. The molecule has 2 aromatic heterocycles. The first-order chi connectivity index (χ1) is 40.1. The van der Waals surface area contributed by atoms with Crippen LogP contribution in [0.15, 0.2) is 239 Å². The molecule has 0 saturated heterocycles. The lowest BCUT2D eigenvalue weighted by Crippen LogP contribution is -2.61. The summed E-state index contributed by atoms with van der Waals surface area (Å²) in [5, 5.41) is 4.49. The van der Waals surface area contributed by atoms with Crippen LogP contribution in [0, 0.1) is 0 Å². The van der Waals surface area contributed by atoms with Gasteiger partial charge in [-0.25, -0.2) is 0 Å². The van der Waals surface area contributed by atoms with Crippen LogP contribution < -0.4 is 26.2 Å². The number of furan rings is 2. The van der Waals surface area contributed by atoms with E-state index in [1.165, 1.54) is 55.8 Å². The Morgan fingerprint density at radius 3 is 1.22 bits per heavy atom. The number of hydrogen-bond donors (Lipinski definition) is 0. The Balaban J connectivity index is 1.03. The summed E-state index contributed by atoms with van der Waals surface area (Å²) < 4.78 is 13.5. The summed E-state index contributed by atoms with van der Waals surface area (Å²) in [5.41, 5.74) is 26.8. The van der Waals surface area contributed by atoms with Crippen LogP contribution in [-0.2, 0) is 16.2 Å². The monoisotopic (exact) mass is 1070 g/mol. The van der Waals surface area contributed by atoms with Crippen molar-refractivity contribution in [1.82, 2.24) is 0 Å². The van der Waals surface area contributed by atoms with Crippen LogP contribution in [0.5, 0.6) is 0 Å². The van der Waals surface area contributed by atoms with E-state index in [1.54, 1.807) is 0 Å². The van der Waals surface area contributed by atoms with Gasteiger partial charge in [0.1, 0.15) is 22.3 Å². The van der Waals surface area contributed by atoms with Crippen LogP contribution in [0.1, 0.15) is 79.0 Å². The van der Waals surface area contributed by atoms with E-state index in [4.69, 9.17) is 8.83 Å². The third kappa shape index (κ3) is 8.18. The molecule has 83 heavy (non-hydrogen) atoms. The van der Waals surface area contributed by atoms with Crippen molar-refractivity contribution < 1.29 is 8.83 Å². The maximum atomic E-state index is 6.74. The van der Waals surface area contributed by atoms with Gasteiger partial charge in [-0.05, 0) is 132 Å². The summed E-state index contributed by atoms with van der Waals surface area (Å²) in [6.07, 6.45) is 0. The fourth-order valence-electron chi connectivity index (χ4n) is 13.3. The van der Waals surface area contributed by atoms with E-state index in [2.05, 4.69) is 303 Å². The zero-order valence-corrected chi connectivity index (χ0v) is 48.7. The average molecular weight is 1070 g/mol. The summed E-state index contributed by atoms with van der Waals surface area (Å²) >= 11 is 0. The smallest absolute Gasteiger partial charge is 0.252 e. The molecule has 13 aromatic rings. The van der Waals surface area contributed by atoms with Crippen molar-refractivity contribution in [2.45, 2.75) is 78.6 Å². The zero-order chi connectivity index (χ0) is 56.7. The number of fused-ring (bicyclic) bond motifs is 10. The van der Waals surface area contributed by atoms with Crippen LogP contribution in [-0.4, -0.2) is 6.71 Å². The van der Waals surface area contributed by atoms with E-state index >= 15 is 0 Å². The van der Waals surface area contributed by atoms with E-state index in [9.17, 15) is 0 Å². The molecule has 0 spiro atoms. The molecule has 0 fully saturated rings. The number of para-hydroxylation sites is 4. The Labute approximate surface area is 487 Å². The Morgan fingerprint density at radius 2 is 0.711 bits per heavy atom. The Bertz CT molecular complexity index is 4760. The molecule has 2 aliphatic heterocycles. The molecular weight excluding hydrogens is 1010 g/mol. The predicted molar refractivity (Wildman–Crippen MR) is 353 cm³/mol.